The van der Waals surface area contributed by atoms with Crippen molar-refractivity contribution in [2.24, 2.45) is 5.10 Å². The van der Waals surface area contributed by atoms with E-state index in [1.807, 2.05) is 0 Å². The number of hydrazone groups is 1. The lowest BCUT2D eigenvalue weighted by molar-refractivity contribution is -0.384. The summed E-state index contributed by atoms with van der Waals surface area (Å²) in [7, 11) is 1.45. The highest BCUT2D eigenvalue weighted by molar-refractivity contribution is 5.92. The lowest BCUT2D eigenvalue weighted by Gasteiger charge is -2.30. The van der Waals surface area contributed by atoms with Gasteiger partial charge in [0, 0.05) is 38.3 Å². The molecular formula is C28H32N8O5. The molecule has 2 aliphatic heterocycles. The third-order valence-electron chi connectivity index (χ3n) is 6.95. The first-order chi connectivity index (χ1) is 20.0. The number of ether oxygens (including phenoxy) is 2. The molecule has 5 rings (SSSR count). The van der Waals surface area contributed by atoms with Gasteiger partial charge in [0.2, 0.25) is 17.8 Å². The van der Waals surface area contributed by atoms with E-state index < -0.39 is 10.9 Å². The van der Waals surface area contributed by atoms with Crippen LogP contribution in [0.2, 0.25) is 0 Å². The van der Waals surface area contributed by atoms with E-state index in [4.69, 9.17) is 14.5 Å². The van der Waals surface area contributed by atoms with Gasteiger partial charge in [0.1, 0.15) is 0 Å². The van der Waals surface area contributed by atoms with Crippen molar-refractivity contribution in [3.05, 3.63) is 63.7 Å². The summed E-state index contributed by atoms with van der Waals surface area (Å²) < 4.78 is 10.8. The molecule has 0 aliphatic carbocycles. The summed E-state index contributed by atoms with van der Waals surface area (Å²) in [4.78, 5) is 41.5. The Hall–Kier alpha value is -4.81. The van der Waals surface area contributed by atoms with Gasteiger partial charge in [-0.05, 0) is 68.4 Å². The molecule has 13 heteroatoms. The second-order valence-corrected chi connectivity index (χ2v) is 9.83. The van der Waals surface area contributed by atoms with Gasteiger partial charge in [-0.3, -0.25) is 10.1 Å². The molecule has 0 unspecified atom stereocenters. The number of non-ortho nitro benzene ring substituents is 1. The number of aromatic nitrogens is 3. The number of carbonyl (C=O) groups is 1. The lowest BCUT2D eigenvalue weighted by Crippen LogP contribution is -2.34. The molecule has 0 radical (unpaired) electrons. The van der Waals surface area contributed by atoms with E-state index in [0.717, 1.165) is 57.9 Å². The number of nitrogens with one attached hydrogen (secondary N) is 1. The van der Waals surface area contributed by atoms with Gasteiger partial charge in [-0.25, -0.2) is 10.2 Å². The number of anilines is 3. The maximum Gasteiger partial charge on any atom is 0.343 e. The predicted octanol–water partition coefficient (Wildman–Crippen LogP) is 4.43. The van der Waals surface area contributed by atoms with Crippen molar-refractivity contribution in [3.8, 4) is 11.5 Å². The van der Waals surface area contributed by atoms with Crippen LogP contribution in [0.3, 0.4) is 0 Å². The Labute approximate surface area is 237 Å². The van der Waals surface area contributed by atoms with Gasteiger partial charge in [0.15, 0.2) is 11.5 Å². The SMILES string of the molecule is COc1cc(/C=N\Nc2nc(N3CCCCC3)nc(N3CCCCC3)n2)ccc1OC(=O)c1cccc([N+](=O)[O-])c1. The molecule has 3 heterocycles. The number of piperidine rings is 2. The fourth-order valence-electron chi connectivity index (χ4n) is 4.79. The Morgan fingerprint density at radius 3 is 2.20 bits per heavy atom. The van der Waals surface area contributed by atoms with Gasteiger partial charge < -0.3 is 19.3 Å². The predicted molar refractivity (Wildman–Crippen MR) is 154 cm³/mol. The average Bonchev–Trinajstić information content (AvgIpc) is 3.02. The summed E-state index contributed by atoms with van der Waals surface area (Å²) in [5.41, 5.74) is 3.47. The molecule has 0 atom stereocenters. The molecule has 2 aliphatic rings. The second-order valence-electron chi connectivity index (χ2n) is 9.83. The van der Waals surface area contributed by atoms with Crippen LogP contribution in [0.4, 0.5) is 23.5 Å². The van der Waals surface area contributed by atoms with Gasteiger partial charge in [0.25, 0.3) is 5.69 Å². The Morgan fingerprint density at radius 2 is 1.59 bits per heavy atom. The maximum absolute atomic E-state index is 12.6. The number of methoxy groups -OCH3 is 1. The number of hydrogen-bond donors (Lipinski definition) is 1. The zero-order valence-electron chi connectivity index (χ0n) is 22.9. The van der Waals surface area contributed by atoms with Crippen molar-refractivity contribution in [2.75, 3.05) is 48.5 Å². The molecule has 0 bridgehead atoms. The summed E-state index contributed by atoms with van der Waals surface area (Å²) in [5, 5.41) is 15.4. The Bertz CT molecular complexity index is 1380. The molecule has 1 aromatic heterocycles. The molecule has 0 spiro atoms. The molecule has 2 aromatic carbocycles. The molecule has 41 heavy (non-hydrogen) atoms. The van der Waals surface area contributed by atoms with E-state index in [-0.39, 0.29) is 17.0 Å². The van der Waals surface area contributed by atoms with E-state index in [1.54, 1.807) is 24.4 Å². The first-order valence-corrected chi connectivity index (χ1v) is 13.7. The minimum absolute atomic E-state index is 0.0567. The van der Waals surface area contributed by atoms with Gasteiger partial charge in [-0.2, -0.15) is 20.1 Å². The van der Waals surface area contributed by atoms with E-state index in [9.17, 15) is 14.9 Å². The minimum Gasteiger partial charge on any atom is -0.493 e. The number of benzene rings is 2. The van der Waals surface area contributed by atoms with Crippen molar-refractivity contribution in [3.63, 3.8) is 0 Å². The summed E-state index contributed by atoms with van der Waals surface area (Å²) >= 11 is 0. The van der Waals surface area contributed by atoms with Crippen LogP contribution in [0, 0.1) is 10.1 Å². The first kappa shape index (κ1) is 27.7. The normalized spacial score (nSPS) is 15.5. The Morgan fingerprint density at radius 1 is 0.927 bits per heavy atom. The van der Waals surface area contributed by atoms with Crippen molar-refractivity contribution in [2.45, 2.75) is 38.5 Å². The van der Waals surface area contributed by atoms with Crippen LogP contribution in [0.25, 0.3) is 0 Å². The Kier molecular flexibility index (Phi) is 8.82. The van der Waals surface area contributed by atoms with Crippen LogP contribution in [0.5, 0.6) is 11.5 Å². The number of rotatable bonds is 9. The minimum atomic E-state index is -0.737. The van der Waals surface area contributed by atoms with E-state index >= 15 is 0 Å². The molecule has 2 fully saturated rings. The molecule has 13 nitrogen and oxygen atoms in total. The number of carbonyl (C=O) groups excluding carboxylic acids is 1. The molecule has 214 valence electrons. The standard InChI is InChI=1S/C28H32N8O5/c1-40-24-17-20(11-12-23(24)41-25(37)21-9-8-10-22(18-21)36(38)39)19-29-33-26-30-27(34-13-4-2-5-14-34)32-28(31-26)35-15-6-3-7-16-35/h8-12,17-19H,2-7,13-16H2,1H3,(H,30,31,32,33)/b29-19-. The van der Waals surface area contributed by atoms with Crippen LogP contribution in [0.15, 0.2) is 47.6 Å². The van der Waals surface area contributed by atoms with E-state index in [1.165, 1.54) is 38.2 Å². The summed E-state index contributed by atoms with van der Waals surface area (Å²) in [6.45, 7) is 3.68. The molecule has 1 N–H and O–H groups in total. The first-order valence-electron chi connectivity index (χ1n) is 13.7. The topological polar surface area (TPSA) is 148 Å². The van der Waals surface area contributed by atoms with Gasteiger partial charge >= 0.3 is 5.97 Å². The summed E-state index contributed by atoms with van der Waals surface area (Å²) in [6, 6.07) is 10.3. The molecule has 0 amide bonds. The molecule has 0 saturated carbocycles. The van der Waals surface area contributed by atoms with Crippen LogP contribution in [-0.2, 0) is 0 Å². The van der Waals surface area contributed by atoms with E-state index in [0.29, 0.717) is 29.2 Å². The van der Waals surface area contributed by atoms with E-state index in [2.05, 4.69) is 30.3 Å². The number of nitro groups is 1. The lowest BCUT2D eigenvalue weighted by atomic mass is 10.1. The Balaban J connectivity index is 1.30. The van der Waals surface area contributed by atoms with Gasteiger partial charge in [-0.15, -0.1) is 0 Å². The molecule has 2 saturated heterocycles. The maximum atomic E-state index is 12.6. The van der Waals surface area contributed by atoms with Crippen molar-refractivity contribution in [1.29, 1.82) is 0 Å². The fourth-order valence-corrected chi connectivity index (χ4v) is 4.79. The van der Waals surface area contributed by atoms with Crippen molar-refractivity contribution in [1.82, 2.24) is 15.0 Å². The quantitative estimate of drug-likeness (QED) is 0.130. The monoisotopic (exact) mass is 560 g/mol. The van der Waals surface area contributed by atoms with Crippen LogP contribution < -0.4 is 24.7 Å². The number of hydrogen-bond acceptors (Lipinski definition) is 12. The zero-order valence-corrected chi connectivity index (χ0v) is 22.9. The summed E-state index contributed by atoms with van der Waals surface area (Å²) in [5.74, 6) is 1.42. The fraction of sp³-hybridized carbons (Fsp3) is 0.393. The summed E-state index contributed by atoms with van der Waals surface area (Å²) in [6.07, 6.45) is 8.47. The second kappa shape index (κ2) is 13.0. The zero-order chi connectivity index (χ0) is 28.6. The third-order valence-corrected chi connectivity index (χ3v) is 6.95. The largest absolute Gasteiger partial charge is 0.493 e. The third kappa shape index (κ3) is 7.04. The van der Waals surface area contributed by atoms with Crippen LogP contribution >= 0.6 is 0 Å². The highest BCUT2D eigenvalue weighted by Crippen LogP contribution is 2.29. The van der Waals surface area contributed by atoms with Crippen molar-refractivity contribution < 1.29 is 19.2 Å². The van der Waals surface area contributed by atoms with Gasteiger partial charge in [0.05, 0.1) is 23.8 Å². The molecular weight excluding hydrogens is 528 g/mol. The molecule has 3 aromatic rings. The van der Waals surface area contributed by atoms with Crippen LogP contribution in [0.1, 0.15) is 54.4 Å². The number of esters is 1. The number of nitrogens with zero attached hydrogens (tertiary/aromatic N) is 7. The smallest absolute Gasteiger partial charge is 0.343 e. The van der Waals surface area contributed by atoms with Crippen molar-refractivity contribution >= 4 is 35.7 Å². The average molecular weight is 561 g/mol. The highest BCUT2D eigenvalue weighted by Gasteiger charge is 2.20. The van der Waals surface area contributed by atoms with Crippen LogP contribution in [-0.4, -0.2) is 65.3 Å². The van der Waals surface area contributed by atoms with Gasteiger partial charge in [-0.1, -0.05) is 6.07 Å². The number of nitro benzene ring substituents is 1. The highest BCUT2D eigenvalue weighted by atomic mass is 16.6.